The number of ether oxygens (including phenoxy) is 1. The lowest BCUT2D eigenvalue weighted by atomic mass is 9.98. The van der Waals surface area contributed by atoms with Gasteiger partial charge in [-0.15, -0.1) is 0 Å². The van der Waals surface area contributed by atoms with E-state index >= 15 is 0 Å². The molecule has 3 aromatic rings. The highest BCUT2D eigenvalue weighted by atomic mass is 16.5. The summed E-state index contributed by atoms with van der Waals surface area (Å²) < 4.78 is 6.87. The molecule has 0 atom stereocenters. The van der Waals surface area contributed by atoms with Gasteiger partial charge in [-0.05, 0) is 22.3 Å². The molecule has 1 aliphatic heterocycles. The maximum absolute atomic E-state index is 12.6. The Kier molecular flexibility index (Phi) is 5.08. The van der Waals surface area contributed by atoms with Gasteiger partial charge in [0.05, 0.1) is 5.92 Å². The lowest BCUT2D eigenvalue weighted by molar-refractivity contribution is -0.146. The van der Waals surface area contributed by atoms with E-state index in [1.54, 1.807) is 7.05 Å². The number of fused-ring (bicyclic) bond motifs is 3. The number of aliphatic carboxylic acids is 1. The third-order valence-corrected chi connectivity index (χ3v) is 6.19. The lowest BCUT2D eigenvalue weighted by Crippen LogP contribution is -2.53. The Morgan fingerprint density at radius 3 is 2.27 bits per heavy atom. The van der Waals surface area contributed by atoms with E-state index in [0.29, 0.717) is 0 Å². The quantitative estimate of drug-likeness (QED) is 0.623. The number of nitrogens with one attached hydrogen (secondary N) is 1. The predicted octanol–water partition coefficient (Wildman–Crippen LogP) is 2.94. The van der Waals surface area contributed by atoms with E-state index in [4.69, 9.17) is 9.84 Å². The number of carboxylic acid groups (broad SMARTS) is 1. The van der Waals surface area contributed by atoms with Gasteiger partial charge >= 0.3 is 12.1 Å². The number of carbonyl (C=O) groups is 3. The first-order valence-electron chi connectivity index (χ1n) is 10.6. The molecular formula is C24H22N4O5. The molecule has 9 nitrogen and oxygen atoms in total. The van der Waals surface area contributed by atoms with Crippen molar-refractivity contribution in [1.29, 1.82) is 0 Å². The number of aryl methyl sites for hydroxylation is 1. The Morgan fingerprint density at radius 2 is 1.67 bits per heavy atom. The minimum Gasteiger partial charge on any atom is -0.481 e. The van der Waals surface area contributed by atoms with E-state index < -0.39 is 18.0 Å². The van der Waals surface area contributed by atoms with Crippen molar-refractivity contribution in [2.24, 2.45) is 13.0 Å². The highest BCUT2D eigenvalue weighted by Gasteiger charge is 2.37. The average molecular weight is 446 g/mol. The number of hydrogen-bond acceptors (Lipinski definition) is 5. The van der Waals surface area contributed by atoms with Crippen LogP contribution in [0.1, 0.15) is 27.5 Å². The standard InChI is InChI=1S/C24H22N4O5/c1-27-20(22(29)28-11-14(12-28)23(30)31)10-21(26-27)25-24(32)33-13-19-17-8-4-2-6-15(17)16-7-3-5-9-18(16)19/h2-10,14,19H,11-13H2,1H3,(H,30,31)(H,25,26,32). The SMILES string of the molecule is Cn1nc(NC(=O)OCC2c3ccccc3-c3ccccc32)cc1C(=O)N1CC(C(=O)O)C1. The van der Waals surface area contributed by atoms with Crippen molar-refractivity contribution in [3.63, 3.8) is 0 Å². The van der Waals surface area contributed by atoms with E-state index in [2.05, 4.69) is 22.5 Å². The minimum absolute atomic E-state index is 0.0578. The summed E-state index contributed by atoms with van der Waals surface area (Å²) in [6.45, 7) is 0.492. The monoisotopic (exact) mass is 446 g/mol. The Labute approximate surface area is 189 Å². The van der Waals surface area contributed by atoms with Gasteiger partial charge in [-0.25, -0.2) is 4.79 Å². The molecule has 33 heavy (non-hydrogen) atoms. The number of carboxylic acids is 1. The summed E-state index contributed by atoms with van der Waals surface area (Å²) in [6.07, 6.45) is -0.663. The maximum Gasteiger partial charge on any atom is 0.412 e. The molecular weight excluding hydrogens is 424 g/mol. The number of nitrogens with zero attached hydrogens (tertiary/aromatic N) is 3. The van der Waals surface area contributed by atoms with Crippen LogP contribution in [0.25, 0.3) is 11.1 Å². The average Bonchev–Trinajstić information content (AvgIpc) is 3.28. The molecule has 2 heterocycles. The fourth-order valence-corrected chi connectivity index (χ4v) is 4.43. The number of amides is 2. The number of benzene rings is 2. The molecule has 2 amide bonds. The summed E-state index contributed by atoms with van der Waals surface area (Å²) in [4.78, 5) is 37.4. The molecule has 0 unspecified atom stereocenters. The molecule has 2 aromatic carbocycles. The van der Waals surface area contributed by atoms with E-state index in [1.165, 1.54) is 15.6 Å². The van der Waals surface area contributed by atoms with Crippen LogP contribution >= 0.6 is 0 Å². The van der Waals surface area contributed by atoms with Crippen molar-refractivity contribution in [2.45, 2.75) is 5.92 Å². The molecule has 2 N–H and O–H groups in total. The summed E-state index contributed by atoms with van der Waals surface area (Å²) >= 11 is 0. The van der Waals surface area contributed by atoms with E-state index in [0.717, 1.165) is 22.3 Å². The van der Waals surface area contributed by atoms with Crippen LogP contribution in [-0.2, 0) is 16.6 Å². The molecule has 0 spiro atoms. The molecule has 5 rings (SSSR count). The number of anilines is 1. The first-order valence-corrected chi connectivity index (χ1v) is 10.6. The van der Waals surface area contributed by atoms with Crippen LogP contribution in [0.4, 0.5) is 10.6 Å². The molecule has 0 radical (unpaired) electrons. The second-order valence-electron chi connectivity index (χ2n) is 8.23. The van der Waals surface area contributed by atoms with Crippen LogP contribution in [0.3, 0.4) is 0 Å². The van der Waals surface area contributed by atoms with Gasteiger partial charge in [-0.2, -0.15) is 5.10 Å². The number of aromatic nitrogens is 2. The summed E-state index contributed by atoms with van der Waals surface area (Å²) in [5, 5.41) is 15.7. The first-order chi connectivity index (χ1) is 15.9. The van der Waals surface area contributed by atoms with Crippen LogP contribution in [0.5, 0.6) is 0 Å². The summed E-state index contributed by atoms with van der Waals surface area (Å²) in [6, 6.07) is 17.6. The number of carbonyl (C=O) groups excluding carboxylic acids is 2. The first kappa shape index (κ1) is 20.7. The van der Waals surface area contributed by atoms with Gasteiger partial charge in [-0.1, -0.05) is 48.5 Å². The number of hydrogen-bond donors (Lipinski definition) is 2. The fourth-order valence-electron chi connectivity index (χ4n) is 4.43. The molecule has 1 saturated heterocycles. The molecule has 1 aliphatic carbocycles. The molecule has 1 aromatic heterocycles. The second kappa shape index (κ2) is 8.09. The van der Waals surface area contributed by atoms with Gasteiger partial charge in [0, 0.05) is 32.1 Å². The Morgan fingerprint density at radius 1 is 1.06 bits per heavy atom. The van der Waals surface area contributed by atoms with Crippen molar-refractivity contribution in [2.75, 3.05) is 25.0 Å². The van der Waals surface area contributed by atoms with Crippen LogP contribution in [0, 0.1) is 5.92 Å². The van der Waals surface area contributed by atoms with Crippen LogP contribution in [-0.4, -0.2) is 57.5 Å². The van der Waals surface area contributed by atoms with E-state index in [9.17, 15) is 14.4 Å². The van der Waals surface area contributed by atoms with Crippen molar-refractivity contribution < 1.29 is 24.2 Å². The van der Waals surface area contributed by atoms with Gasteiger partial charge in [0.15, 0.2) is 5.82 Å². The molecule has 1 fully saturated rings. The minimum atomic E-state index is -0.915. The second-order valence-corrected chi connectivity index (χ2v) is 8.23. The molecule has 9 heteroatoms. The summed E-state index contributed by atoms with van der Waals surface area (Å²) in [5.41, 5.74) is 4.78. The van der Waals surface area contributed by atoms with Gasteiger partial charge in [0.25, 0.3) is 5.91 Å². The van der Waals surface area contributed by atoms with E-state index in [1.807, 2.05) is 36.4 Å². The van der Waals surface area contributed by atoms with Crippen molar-refractivity contribution in [3.8, 4) is 11.1 Å². The topological polar surface area (TPSA) is 114 Å². The van der Waals surface area contributed by atoms with Gasteiger partial charge in [0.1, 0.15) is 12.3 Å². The Balaban J connectivity index is 1.23. The predicted molar refractivity (Wildman–Crippen MR) is 119 cm³/mol. The number of likely N-dealkylation sites (tertiary alicyclic amines) is 1. The maximum atomic E-state index is 12.6. The molecule has 2 aliphatic rings. The smallest absolute Gasteiger partial charge is 0.412 e. The fraction of sp³-hybridized carbons (Fsp3) is 0.250. The van der Waals surface area contributed by atoms with Crippen LogP contribution < -0.4 is 5.32 Å². The summed E-state index contributed by atoms with van der Waals surface area (Å²) in [7, 11) is 1.59. The van der Waals surface area contributed by atoms with Gasteiger partial charge in [-0.3, -0.25) is 19.6 Å². The van der Waals surface area contributed by atoms with Crippen LogP contribution in [0.2, 0.25) is 0 Å². The largest absolute Gasteiger partial charge is 0.481 e. The Bertz CT molecular complexity index is 1220. The molecule has 0 saturated carbocycles. The summed E-state index contributed by atoms with van der Waals surface area (Å²) in [5.74, 6) is -1.66. The van der Waals surface area contributed by atoms with Gasteiger partial charge < -0.3 is 14.7 Å². The zero-order valence-corrected chi connectivity index (χ0v) is 17.9. The lowest BCUT2D eigenvalue weighted by Gasteiger charge is -2.36. The zero-order valence-electron chi connectivity index (χ0n) is 17.9. The zero-order chi connectivity index (χ0) is 23.1. The molecule has 0 bridgehead atoms. The normalized spacial score (nSPS) is 14.9. The van der Waals surface area contributed by atoms with Crippen molar-refractivity contribution in [1.82, 2.24) is 14.7 Å². The van der Waals surface area contributed by atoms with Crippen molar-refractivity contribution in [3.05, 3.63) is 71.4 Å². The van der Waals surface area contributed by atoms with E-state index in [-0.39, 0.29) is 43.0 Å². The van der Waals surface area contributed by atoms with Gasteiger partial charge in [0.2, 0.25) is 0 Å². The molecule has 168 valence electrons. The van der Waals surface area contributed by atoms with Crippen molar-refractivity contribution >= 4 is 23.8 Å². The highest BCUT2D eigenvalue weighted by molar-refractivity contribution is 5.96. The third kappa shape index (κ3) is 3.71. The number of rotatable bonds is 5. The highest BCUT2D eigenvalue weighted by Crippen LogP contribution is 2.44. The third-order valence-electron chi connectivity index (χ3n) is 6.19. The van der Waals surface area contributed by atoms with Crippen LogP contribution in [0.15, 0.2) is 54.6 Å². The Hall–Kier alpha value is -4.14.